The molecule has 0 heterocycles. The van der Waals surface area contributed by atoms with Crippen LogP contribution in [0.4, 0.5) is 0 Å². The summed E-state index contributed by atoms with van der Waals surface area (Å²) in [5, 5.41) is 3.76. The summed E-state index contributed by atoms with van der Waals surface area (Å²) in [6.45, 7) is 1.53. The number of benzene rings is 2. The van der Waals surface area contributed by atoms with Gasteiger partial charge < -0.3 is 19.0 Å². The Hall–Kier alpha value is -3.35. The number of esters is 2. The van der Waals surface area contributed by atoms with Gasteiger partial charge in [0.1, 0.15) is 25.2 Å². The second-order valence-corrected chi connectivity index (χ2v) is 5.12. The summed E-state index contributed by atoms with van der Waals surface area (Å²) >= 11 is 0. The third-order valence-corrected chi connectivity index (χ3v) is 3.31. The molecule has 0 fully saturated rings. The highest BCUT2D eigenvalue weighted by atomic mass is 16.6. The first-order chi connectivity index (χ1) is 12.5. The smallest absolute Gasteiger partial charge is 0.360 e. The van der Waals surface area contributed by atoms with Gasteiger partial charge >= 0.3 is 11.9 Å². The monoisotopic (exact) mass is 357 g/mol. The van der Waals surface area contributed by atoms with E-state index in [9.17, 15) is 9.59 Å². The Bertz CT molecular complexity index is 798. The van der Waals surface area contributed by atoms with Crippen LogP contribution < -0.4 is 9.47 Å². The lowest BCUT2D eigenvalue weighted by molar-refractivity contribution is -0.133. The van der Waals surface area contributed by atoms with Crippen LogP contribution in [0, 0.1) is 0 Å². The van der Waals surface area contributed by atoms with Crippen molar-refractivity contribution in [1.82, 2.24) is 0 Å². The van der Waals surface area contributed by atoms with Crippen molar-refractivity contribution < 1.29 is 28.6 Å². The van der Waals surface area contributed by atoms with Crippen molar-refractivity contribution in [3.8, 4) is 11.5 Å². The molecule has 2 aromatic carbocycles. The topological polar surface area (TPSA) is 83.4 Å². The molecule has 0 atom stereocenters. The Kier molecular flexibility index (Phi) is 6.73. The summed E-state index contributed by atoms with van der Waals surface area (Å²) in [5.74, 6) is 0.0230. The minimum Gasteiger partial charge on any atom is -0.489 e. The molecule has 7 nitrogen and oxygen atoms in total. The van der Waals surface area contributed by atoms with Gasteiger partial charge in [0.15, 0.2) is 5.71 Å². The summed E-state index contributed by atoms with van der Waals surface area (Å²) < 4.78 is 15.5. The first-order valence-corrected chi connectivity index (χ1v) is 7.74. The Labute approximate surface area is 151 Å². The largest absolute Gasteiger partial charge is 0.489 e. The Morgan fingerprint density at radius 1 is 0.962 bits per heavy atom. The minimum absolute atomic E-state index is 0.0550. The van der Waals surface area contributed by atoms with Gasteiger partial charge in [-0.3, -0.25) is 4.79 Å². The highest BCUT2D eigenvalue weighted by Gasteiger charge is 2.19. The van der Waals surface area contributed by atoms with E-state index in [1.165, 1.54) is 21.1 Å². The number of carbonyl (C=O) groups is 2. The zero-order valence-corrected chi connectivity index (χ0v) is 14.7. The number of methoxy groups -OCH3 is 1. The van der Waals surface area contributed by atoms with E-state index in [0.717, 1.165) is 5.56 Å². The molecule has 0 radical (unpaired) electrons. The molecule has 26 heavy (non-hydrogen) atoms. The summed E-state index contributed by atoms with van der Waals surface area (Å²) in [4.78, 5) is 27.6. The summed E-state index contributed by atoms with van der Waals surface area (Å²) in [6, 6.07) is 13.8. The zero-order valence-electron chi connectivity index (χ0n) is 14.7. The van der Waals surface area contributed by atoms with E-state index in [1.807, 2.05) is 12.1 Å². The molecule has 2 rings (SSSR count). The molecule has 0 aromatic heterocycles. The lowest BCUT2D eigenvalue weighted by Gasteiger charge is -2.12. The summed E-state index contributed by atoms with van der Waals surface area (Å²) in [5.41, 5.74) is 1.34. The number of nitrogens with zero attached hydrogens (tertiary/aromatic N) is 1. The number of hydrogen-bond donors (Lipinski definition) is 0. The molecule has 0 aliphatic carbocycles. The molecule has 2 aromatic rings. The number of rotatable bonds is 7. The van der Waals surface area contributed by atoms with Gasteiger partial charge in [0.2, 0.25) is 0 Å². The van der Waals surface area contributed by atoms with E-state index in [4.69, 9.17) is 19.0 Å². The van der Waals surface area contributed by atoms with Crippen molar-refractivity contribution in [2.45, 2.75) is 13.5 Å². The second kappa shape index (κ2) is 9.22. The van der Waals surface area contributed by atoms with E-state index in [1.54, 1.807) is 36.4 Å². The van der Waals surface area contributed by atoms with E-state index in [-0.39, 0.29) is 18.3 Å². The predicted molar refractivity (Wildman–Crippen MR) is 94.1 cm³/mol. The van der Waals surface area contributed by atoms with Crippen LogP contribution in [-0.4, -0.2) is 31.9 Å². The van der Waals surface area contributed by atoms with Gasteiger partial charge in [-0.05, 0) is 29.8 Å². The predicted octanol–water partition coefficient (Wildman–Crippen LogP) is 2.71. The van der Waals surface area contributed by atoms with Crippen LogP contribution >= 0.6 is 0 Å². The first-order valence-electron chi connectivity index (χ1n) is 7.74. The fraction of sp³-hybridized carbons (Fsp3) is 0.211. The number of hydrogen-bond acceptors (Lipinski definition) is 7. The van der Waals surface area contributed by atoms with Crippen molar-refractivity contribution in [1.29, 1.82) is 0 Å². The maximum absolute atomic E-state index is 11.9. The lowest BCUT2D eigenvalue weighted by atomic mass is 10.0. The molecule has 0 aliphatic rings. The van der Waals surface area contributed by atoms with Gasteiger partial charge in [-0.2, -0.15) is 0 Å². The van der Waals surface area contributed by atoms with Crippen LogP contribution in [0.15, 0.2) is 53.7 Å². The van der Waals surface area contributed by atoms with Gasteiger partial charge in [-0.1, -0.05) is 29.4 Å². The van der Waals surface area contributed by atoms with E-state index in [2.05, 4.69) is 5.16 Å². The molecule has 0 unspecified atom stereocenters. The van der Waals surface area contributed by atoms with Gasteiger partial charge in [0.05, 0.1) is 7.11 Å². The molecule has 0 aliphatic heterocycles. The molecule has 0 saturated heterocycles. The Morgan fingerprint density at radius 3 is 2.23 bits per heavy atom. The van der Waals surface area contributed by atoms with Crippen molar-refractivity contribution in [2.24, 2.45) is 5.16 Å². The molecule has 0 amide bonds. The van der Waals surface area contributed by atoms with E-state index < -0.39 is 5.97 Å². The average Bonchev–Trinajstić information content (AvgIpc) is 2.65. The van der Waals surface area contributed by atoms with Crippen molar-refractivity contribution in [2.75, 3.05) is 14.2 Å². The van der Waals surface area contributed by atoms with Crippen molar-refractivity contribution in [3.63, 3.8) is 0 Å². The second-order valence-electron chi connectivity index (χ2n) is 5.12. The molecular formula is C19H19NO6. The lowest BCUT2D eigenvalue weighted by Crippen LogP contribution is -2.19. The molecule has 7 heteroatoms. The maximum Gasteiger partial charge on any atom is 0.360 e. The number of ether oxygens (including phenoxy) is 3. The highest BCUT2D eigenvalue weighted by Crippen LogP contribution is 2.20. The fourth-order valence-corrected chi connectivity index (χ4v) is 2.19. The third-order valence-electron chi connectivity index (χ3n) is 3.31. The molecular weight excluding hydrogens is 338 g/mol. The fourth-order valence-electron chi connectivity index (χ4n) is 2.19. The summed E-state index contributed by atoms with van der Waals surface area (Å²) in [6.07, 6.45) is 0. The van der Waals surface area contributed by atoms with Crippen molar-refractivity contribution >= 4 is 17.7 Å². The normalized spacial score (nSPS) is 10.8. The van der Waals surface area contributed by atoms with E-state index >= 15 is 0 Å². The minimum atomic E-state index is -0.606. The van der Waals surface area contributed by atoms with Crippen LogP contribution in [-0.2, 0) is 25.8 Å². The van der Waals surface area contributed by atoms with E-state index in [0.29, 0.717) is 17.1 Å². The number of oxime groups is 1. The number of carbonyl (C=O) groups excluding carboxylic acids is 2. The SMILES string of the molecule is CO/N=C(\C(=O)OC)c1ccccc1COc1ccc(OC(C)=O)cc1. The third kappa shape index (κ3) is 5.07. The molecule has 0 N–H and O–H groups in total. The van der Waals surface area contributed by atoms with Crippen molar-refractivity contribution in [3.05, 3.63) is 59.7 Å². The van der Waals surface area contributed by atoms with Crippen LogP contribution in [0.5, 0.6) is 11.5 Å². The van der Waals surface area contributed by atoms with Crippen LogP contribution in [0.25, 0.3) is 0 Å². The quantitative estimate of drug-likeness (QED) is 0.328. The zero-order chi connectivity index (χ0) is 18.9. The summed E-state index contributed by atoms with van der Waals surface area (Å²) in [7, 11) is 2.63. The van der Waals surface area contributed by atoms with Gasteiger partial charge in [0, 0.05) is 12.5 Å². The van der Waals surface area contributed by atoms with Gasteiger partial charge in [-0.25, -0.2) is 4.79 Å². The molecule has 0 spiro atoms. The van der Waals surface area contributed by atoms with Gasteiger partial charge in [0.25, 0.3) is 0 Å². The standard InChI is InChI=1S/C19H19NO6/c1-13(21)26-16-10-8-15(9-11-16)25-12-14-6-4-5-7-17(14)18(20-24-3)19(22)23-2/h4-11H,12H2,1-3H3/b20-18-. The molecule has 0 bridgehead atoms. The Balaban J connectivity index is 2.16. The Morgan fingerprint density at radius 2 is 1.62 bits per heavy atom. The molecule has 136 valence electrons. The van der Waals surface area contributed by atoms with Crippen LogP contribution in [0.2, 0.25) is 0 Å². The molecule has 0 saturated carbocycles. The van der Waals surface area contributed by atoms with Crippen LogP contribution in [0.3, 0.4) is 0 Å². The highest BCUT2D eigenvalue weighted by molar-refractivity contribution is 6.43. The average molecular weight is 357 g/mol. The maximum atomic E-state index is 11.9. The first kappa shape index (κ1) is 19.0. The van der Waals surface area contributed by atoms with Gasteiger partial charge in [-0.15, -0.1) is 0 Å². The van der Waals surface area contributed by atoms with Crippen LogP contribution in [0.1, 0.15) is 18.1 Å².